The molecule has 0 atom stereocenters. The van der Waals surface area contributed by atoms with Crippen LogP contribution < -0.4 is 16.3 Å². The number of pyridine rings is 3. The summed E-state index contributed by atoms with van der Waals surface area (Å²) in [6.45, 7) is 1.52. The Labute approximate surface area is 324 Å². The monoisotopic (exact) mass is 867 g/mol. The van der Waals surface area contributed by atoms with Crippen LogP contribution in [0.25, 0.3) is 32.7 Å². The number of carbonyl (C=O) groups is 3. The lowest BCUT2D eigenvalue weighted by molar-refractivity contribution is -0.137. The highest BCUT2D eigenvalue weighted by atomic mass is 35.5. The summed E-state index contributed by atoms with van der Waals surface area (Å²) in [4.78, 5) is 76.0. The number of hydrogen-bond acceptors (Lipinski definition) is 7. The van der Waals surface area contributed by atoms with Gasteiger partial charge in [0.15, 0.2) is 0 Å². The van der Waals surface area contributed by atoms with Crippen LogP contribution >= 0.6 is 23.2 Å². The highest BCUT2D eigenvalue weighted by Gasteiger charge is 2.37. The second-order valence-electron chi connectivity index (χ2n) is 11.3. The van der Waals surface area contributed by atoms with E-state index in [-0.39, 0.29) is 33.2 Å². The van der Waals surface area contributed by atoms with Crippen LogP contribution in [0.15, 0.2) is 75.4 Å². The third kappa shape index (κ3) is 9.10. The Hall–Kier alpha value is -6.35. The number of H-pyrrole nitrogens is 3. The Bertz CT molecular complexity index is 2790. The number of alkyl halides is 9. The molecule has 0 amide bonds. The Morgan fingerprint density at radius 2 is 0.966 bits per heavy atom. The number of nitrogens with one attached hydrogen (secondary N) is 3. The van der Waals surface area contributed by atoms with Crippen molar-refractivity contribution in [3.8, 4) is 0 Å². The summed E-state index contributed by atoms with van der Waals surface area (Å²) in [7, 11) is 0. The fourth-order valence-corrected chi connectivity index (χ4v) is 5.68. The van der Waals surface area contributed by atoms with E-state index < -0.39 is 102 Å². The van der Waals surface area contributed by atoms with Gasteiger partial charge in [-0.1, -0.05) is 29.3 Å². The SMILES string of the molecule is CCOC(=O)c1c[nH]c2c(Cl)ccc(C(F)(F)F)c2c1=O.O=C(O)c1c[nH]c2c(Cl)ccc(C(F)(F)F)c2c1=O.O=C(O)c1c[nH]c2cccc(C(F)(F)F)c2c1=O. The van der Waals surface area contributed by atoms with Gasteiger partial charge in [0.2, 0.25) is 16.3 Å². The summed E-state index contributed by atoms with van der Waals surface area (Å²) in [6, 6.07) is 6.53. The fourth-order valence-electron chi connectivity index (χ4n) is 5.25. The number of hydrogen-bond donors (Lipinski definition) is 5. The standard InChI is InChI=1S/C13H9ClF3NO3.C11H5ClF3NO3.C11H6F3NO3/c1-2-21-12(20)6-5-18-10-8(14)4-3-7(13(15,16)17)9(10)11(6)19;12-6-2-1-5(11(13,14)15)7-8(6)16-3-4(9(7)17)10(18)19;12-11(13,14)6-2-1-3-7-8(6)9(16)5(4-15-7)10(17)18/h3-5H,2H2,1H3,(H,18,19);1-3H,(H,16,17)(H,18,19);1-4H,(H,15,16)(H,17,18). The first-order chi connectivity index (χ1) is 26.8. The normalized spacial score (nSPS) is 11.7. The Morgan fingerprint density at radius 3 is 1.38 bits per heavy atom. The molecule has 0 saturated heterocycles. The molecule has 0 unspecified atom stereocenters. The zero-order chi connectivity index (χ0) is 43.7. The lowest BCUT2D eigenvalue weighted by Gasteiger charge is -2.11. The smallest absolute Gasteiger partial charge is 0.417 e. The first-order valence-corrected chi connectivity index (χ1v) is 16.3. The van der Waals surface area contributed by atoms with E-state index in [0.717, 1.165) is 42.9 Å². The number of esters is 1. The average molecular weight is 868 g/mol. The second kappa shape index (κ2) is 16.6. The van der Waals surface area contributed by atoms with E-state index in [0.29, 0.717) is 12.1 Å². The molecule has 0 aliphatic heterocycles. The predicted molar refractivity (Wildman–Crippen MR) is 189 cm³/mol. The fraction of sp³-hybridized carbons (Fsp3) is 0.143. The van der Waals surface area contributed by atoms with Crippen LogP contribution in [0.2, 0.25) is 10.0 Å². The number of halogens is 11. The summed E-state index contributed by atoms with van der Waals surface area (Å²) in [5.41, 5.74) is -9.46. The van der Waals surface area contributed by atoms with Crippen LogP contribution in [0.4, 0.5) is 39.5 Å². The number of aromatic carboxylic acids is 2. The van der Waals surface area contributed by atoms with Gasteiger partial charge in [0.25, 0.3) is 0 Å². The van der Waals surface area contributed by atoms with E-state index in [9.17, 15) is 68.3 Å². The molecule has 3 heterocycles. The van der Waals surface area contributed by atoms with E-state index in [2.05, 4.69) is 19.7 Å². The molecule has 6 rings (SSSR count). The first kappa shape index (κ1) is 44.4. The Kier molecular flexibility index (Phi) is 12.7. The highest BCUT2D eigenvalue weighted by Crippen LogP contribution is 2.37. The van der Waals surface area contributed by atoms with E-state index in [4.69, 9.17) is 33.4 Å². The number of benzene rings is 3. The summed E-state index contributed by atoms with van der Waals surface area (Å²) >= 11 is 11.5. The molecule has 6 aromatic rings. The van der Waals surface area contributed by atoms with Crippen LogP contribution in [0.1, 0.15) is 54.7 Å². The number of rotatable bonds is 4. The van der Waals surface area contributed by atoms with Crippen LogP contribution in [-0.4, -0.2) is 49.7 Å². The van der Waals surface area contributed by atoms with Crippen LogP contribution in [0.3, 0.4) is 0 Å². The molecule has 0 saturated carbocycles. The molecule has 58 heavy (non-hydrogen) atoms. The van der Waals surface area contributed by atoms with Crippen molar-refractivity contribution in [2.24, 2.45) is 0 Å². The molecule has 0 aliphatic carbocycles. The zero-order valence-electron chi connectivity index (χ0n) is 28.4. The number of carboxylic acids is 2. The molecule has 306 valence electrons. The Morgan fingerprint density at radius 1 is 0.586 bits per heavy atom. The van der Waals surface area contributed by atoms with Gasteiger partial charge >= 0.3 is 36.4 Å². The van der Waals surface area contributed by atoms with Crippen LogP contribution in [0.5, 0.6) is 0 Å². The Balaban J connectivity index is 0.000000193. The van der Waals surface area contributed by atoms with Crippen molar-refractivity contribution in [3.05, 3.63) is 135 Å². The molecule has 0 bridgehead atoms. The molecule has 0 radical (unpaired) electrons. The quantitative estimate of drug-likeness (QED) is 0.0851. The first-order valence-electron chi connectivity index (χ1n) is 15.5. The van der Waals surface area contributed by atoms with Gasteiger partial charge in [0.1, 0.15) is 16.7 Å². The molecule has 3 aromatic heterocycles. The van der Waals surface area contributed by atoms with Crippen molar-refractivity contribution >= 4 is 73.8 Å². The number of carbonyl (C=O) groups excluding carboxylic acids is 1. The van der Waals surface area contributed by atoms with E-state index >= 15 is 0 Å². The minimum atomic E-state index is -4.78. The second-order valence-corrected chi connectivity index (χ2v) is 12.2. The number of carboxylic acid groups (broad SMARTS) is 2. The zero-order valence-corrected chi connectivity index (χ0v) is 29.9. The van der Waals surface area contributed by atoms with Crippen molar-refractivity contribution in [3.63, 3.8) is 0 Å². The lowest BCUT2D eigenvalue weighted by atomic mass is 10.1. The molecule has 23 heteroatoms. The summed E-state index contributed by atoms with van der Waals surface area (Å²) in [5.74, 6) is -4.18. The third-order valence-corrected chi connectivity index (χ3v) is 8.38. The number of ether oxygens (including phenoxy) is 1. The number of aromatic nitrogens is 3. The van der Waals surface area contributed by atoms with Crippen molar-refractivity contribution in [2.45, 2.75) is 25.5 Å². The van der Waals surface area contributed by atoms with Gasteiger partial charge in [-0.2, -0.15) is 39.5 Å². The molecule has 0 spiro atoms. The molecule has 12 nitrogen and oxygen atoms in total. The maximum atomic E-state index is 13.0. The van der Waals surface area contributed by atoms with Gasteiger partial charge in [0, 0.05) is 24.1 Å². The van der Waals surface area contributed by atoms with Crippen LogP contribution in [0, 0.1) is 0 Å². The van der Waals surface area contributed by atoms with Crippen molar-refractivity contribution in [1.82, 2.24) is 15.0 Å². The largest absolute Gasteiger partial charge is 0.477 e. The van der Waals surface area contributed by atoms with Crippen molar-refractivity contribution < 1.29 is 68.8 Å². The highest BCUT2D eigenvalue weighted by molar-refractivity contribution is 6.35. The van der Waals surface area contributed by atoms with Gasteiger partial charge in [0.05, 0.1) is 60.5 Å². The van der Waals surface area contributed by atoms with Gasteiger partial charge in [-0.25, -0.2) is 14.4 Å². The summed E-state index contributed by atoms with van der Waals surface area (Å²) in [5, 5.41) is 15.2. The molecule has 0 fully saturated rings. The number of fused-ring (bicyclic) bond motifs is 3. The maximum Gasteiger partial charge on any atom is 0.417 e. The van der Waals surface area contributed by atoms with Crippen molar-refractivity contribution in [2.75, 3.05) is 6.61 Å². The topological polar surface area (TPSA) is 199 Å². The van der Waals surface area contributed by atoms with Gasteiger partial charge in [-0.3, -0.25) is 14.4 Å². The van der Waals surface area contributed by atoms with Gasteiger partial charge in [-0.15, -0.1) is 0 Å². The minimum Gasteiger partial charge on any atom is -0.477 e. The predicted octanol–water partition coefficient (Wildman–Crippen LogP) is 8.52. The minimum absolute atomic E-state index is 0.00200. The van der Waals surface area contributed by atoms with Crippen LogP contribution in [-0.2, 0) is 23.3 Å². The molecule has 0 aliphatic rings. The van der Waals surface area contributed by atoms with Gasteiger partial charge < -0.3 is 29.9 Å². The maximum absolute atomic E-state index is 13.0. The summed E-state index contributed by atoms with van der Waals surface area (Å²) < 4.78 is 120. The van der Waals surface area contributed by atoms with Gasteiger partial charge in [-0.05, 0) is 43.3 Å². The van der Waals surface area contributed by atoms with E-state index in [1.807, 2.05) is 0 Å². The lowest BCUT2D eigenvalue weighted by Crippen LogP contribution is -2.21. The van der Waals surface area contributed by atoms with Crippen molar-refractivity contribution in [1.29, 1.82) is 0 Å². The molecular weight excluding hydrogens is 848 g/mol. The molecule has 5 N–H and O–H groups in total. The molecule has 3 aromatic carbocycles. The van der Waals surface area contributed by atoms with E-state index in [1.165, 1.54) is 13.0 Å². The number of aromatic amines is 3. The summed E-state index contributed by atoms with van der Waals surface area (Å²) in [6.07, 6.45) is -11.6. The molecular formula is C35H20Cl2F9N3O9. The van der Waals surface area contributed by atoms with E-state index in [1.54, 1.807) is 0 Å². The third-order valence-electron chi connectivity index (χ3n) is 7.75. The average Bonchev–Trinajstić information content (AvgIpc) is 3.11.